The van der Waals surface area contributed by atoms with Gasteiger partial charge in [0.1, 0.15) is 0 Å². The first-order valence-corrected chi connectivity index (χ1v) is 5.74. The Morgan fingerprint density at radius 1 is 1.20 bits per heavy atom. The van der Waals surface area contributed by atoms with Gasteiger partial charge in [0.15, 0.2) is 0 Å². The predicted octanol–water partition coefficient (Wildman–Crippen LogP) is 2.78. The minimum Gasteiger partial charge on any atom is -0.463 e. The van der Waals surface area contributed by atoms with E-state index in [-0.39, 0.29) is 12.1 Å². The van der Waals surface area contributed by atoms with Crippen molar-refractivity contribution in [3.05, 3.63) is 0 Å². The van der Waals surface area contributed by atoms with Gasteiger partial charge in [-0.25, -0.2) is 0 Å². The van der Waals surface area contributed by atoms with Crippen molar-refractivity contribution in [1.82, 2.24) is 0 Å². The van der Waals surface area contributed by atoms with Crippen molar-refractivity contribution in [2.24, 2.45) is 5.92 Å². The highest BCUT2D eigenvalue weighted by Gasteiger charge is 2.09. The molecule has 0 fully saturated rings. The Balaban J connectivity index is 3.46. The summed E-state index contributed by atoms with van der Waals surface area (Å²) in [4.78, 5) is 11.2. The molecule has 0 aromatic rings. The zero-order valence-corrected chi connectivity index (χ0v) is 10.4. The van der Waals surface area contributed by atoms with Gasteiger partial charge in [-0.3, -0.25) is 4.79 Å². The van der Waals surface area contributed by atoms with Gasteiger partial charge in [0.2, 0.25) is 0 Å². The Bertz CT molecular complexity index is 166. The Labute approximate surface area is 93.1 Å². The lowest BCUT2D eigenvalue weighted by Gasteiger charge is -2.13. The Morgan fingerprint density at radius 2 is 1.87 bits per heavy atom. The molecule has 1 unspecified atom stereocenters. The van der Waals surface area contributed by atoms with Crippen LogP contribution in [0.3, 0.4) is 0 Å². The van der Waals surface area contributed by atoms with Gasteiger partial charge in [-0.15, -0.1) is 0 Å². The second kappa shape index (κ2) is 8.72. The summed E-state index contributed by atoms with van der Waals surface area (Å²) in [6.45, 7) is 6.80. The molecule has 0 aromatic heterocycles. The largest absolute Gasteiger partial charge is 0.463 e. The van der Waals surface area contributed by atoms with Crippen LogP contribution in [-0.4, -0.2) is 25.8 Å². The first-order valence-electron chi connectivity index (χ1n) is 5.74. The molecule has 0 aliphatic heterocycles. The number of carbonyl (C=O) groups is 1. The maximum Gasteiger partial charge on any atom is 0.308 e. The van der Waals surface area contributed by atoms with E-state index in [0.29, 0.717) is 13.0 Å². The van der Waals surface area contributed by atoms with E-state index in [1.807, 2.05) is 6.92 Å². The summed E-state index contributed by atoms with van der Waals surface area (Å²) in [5.74, 6) is 0.565. The van der Waals surface area contributed by atoms with E-state index < -0.39 is 0 Å². The van der Waals surface area contributed by atoms with Crippen molar-refractivity contribution in [2.45, 2.75) is 52.6 Å². The number of methoxy groups -OCH3 is 1. The lowest BCUT2D eigenvalue weighted by Crippen LogP contribution is -2.16. The smallest absolute Gasteiger partial charge is 0.308 e. The SMILES string of the molecule is COCCC(=O)OC(C)CCCC(C)C. The molecule has 90 valence electrons. The van der Waals surface area contributed by atoms with Gasteiger partial charge in [-0.1, -0.05) is 20.3 Å². The maximum atomic E-state index is 11.2. The number of ether oxygens (including phenoxy) is 2. The summed E-state index contributed by atoms with van der Waals surface area (Å²) in [7, 11) is 1.58. The van der Waals surface area contributed by atoms with Gasteiger partial charge in [-0.05, 0) is 25.7 Å². The van der Waals surface area contributed by atoms with E-state index in [1.165, 1.54) is 6.42 Å². The van der Waals surface area contributed by atoms with E-state index in [2.05, 4.69) is 13.8 Å². The normalized spacial score (nSPS) is 12.9. The standard InChI is InChI=1S/C12H24O3/c1-10(2)6-5-7-11(3)15-12(13)8-9-14-4/h10-11H,5-9H2,1-4H3. The van der Waals surface area contributed by atoms with Gasteiger partial charge in [0, 0.05) is 7.11 Å². The fourth-order valence-electron chi connectivity index (χ4n) is 1.34. The molecule has 0 amide bonds. The highest BCUT2D eigenvalue weighted by atomic mass is 16.5. The van der Waals surface area contributed by atoms with Gasteiger partial charge < -0.3 is 9.47 Å². The van der Waals surface area contributed by atoms with Crippen LogP contribution in [0.4, 0.5) is 0 Å². The molecule has 0 rings (SSSR count). The number of esters is 1. The minimum absolute atomic E-state index is 0.0353. The molecule has 0 N–H and O–H groups in total. The van der Waals surface area contributed by atoms with Crippen molar-refractivity contribution in [3.63, 3.8) is 0 Å². The maximum absolute atomic E-state index is 11.2. The van der Waals surface area contributed by atoms with Crippen molar-refractivity contribution in [2.75, 3.05) is 13.7 Å². The molecule has 0 saturated heterocycles. The van der Waals surface area contributed by atoms with Crippen LogP contribution in [0.25, 0.3) is 0 Å². The Morgan fingerprint density at radius 3 is 2.40 bits per heavy atom. The van der Waals surface area contributed by atoms with Crippen LogP contribution in [-0.2, 0) is 14.3 Å². The summed E-state index contributed by atoms with van der Waals surface area (Å²) in [6, 6.07) is 0. The quantitative estimate of drug-likeness (QED) is 0.585. The summed E-state index contributed by atoms with van der Waals surface area (Å²) < 4.78 is 10.0. The summed E-state index contributed by atoms with van der Waals surface area (Å²) >= 11 is 0. The lowest BCUT2D eigenvalue weighted by atomic mass is 10.0. The first kappa shape index (κ1) is 14.4. The molecule has 0 radical (unpaired) electrons. The summed E-state index contributed by atoms with van der Waals surface area (Å²) in [5.41, 5.74) is 0. The van der Waals surface area contributed by atoms with Crippen LogP contribution in [0.2, 0.25) is 0 Å². The molecule has 3 heteroatoms. The fraction of sp³-hybridized carbons (Fsp3) is 0.917. The van der Waals surface area contributed by atoms with Gasteiger partial charge in [-0.2, -0.15) is 0 Å². The van der Waals surface area contributed by atoms with Gasteiger partial charge >= 0.3 is 5.97 Å². The topological polar surface area (TPSA) is 35.5 Å². The van der Waals surface area contributed by atoms with Crippen molar-refractivity contribution < 1.29 is 14.3 Å². The molecule has 3 nitrogen and oxygen atoms in total. The van der Waals surface area contributed by atoms with Crippen molar-refractivity contribution >= 4 is 5.97 Å². The summed E-state index contributed by atoms with van der Waals surface area (Å²) in [6.07, 6.45) is 3.66. The highest BCUT2D eigenvalue weighted by molar-refractivity contribution is 5.69. The molecule has 0 saturated carbocycles. The average Bonchev–Trinajstić information content (AvgIpc) is 2.14. The molecule has 0 spiro atoms. The highest BCUT2D eigenvalue weighted by Crippen LogP contribution is 2.10. The van der Waals surface area contributed by atoms with Gasteiger partial charge in [0.25, 0.3) is 0 Å². The van der Waals surface area contributed by atoms with E-state index in [4.69, 9.17) is 9.47 Å². The second-order valence-electron chi connectivity index (χ2n) is 4.37. The van der Waals surface area contributed by atoms with Crippen LogP contribution in [0.5, 0.6) is 0 Å². The molecule has 0 aromatic carbocycles. The number of hydrogen-bond acceptors (Lipinski definition) is 3. The van der Waals surface area contributed by atoms with Crippen LogP contribution < -0.4 is 0 Å². The zero-order valence-electron chi connectivity index (χ0n) is 10.4. The average molecular weight is 216 g/mol. The molecule has 0 heterocycles. The minimum atomic E-state index is -0.158. The molecular formula is C12H24O3. The van der Waals surface area contributed by atoms with Crippen LogP contribution in [0, 0.1) is 5.92 Å². The molecule has 15 heavy (non-hydrogen) atoms. The summed E-state index contributed by atoms with van der Waals surface area (Å²) in [5, 5.41) is 0. The third-order valence-corrected chi connectivity index (χ3v) is 2.24. The third kappa shape index (κ3) is 9.73. The Hall–Kier alpha value is -0.570. The first-order chi connectivity index (χ1) is 7.06. The van der Waals surface area contributed by atoms with E-state index in [0.717, 1.165) is 18.8 Å². The molecule has 1 atom stereocenters. The molecule has 0 aliphatic rings. The van der Waals surface area contributed by atoms with Crippen LogP contribution >= 0.6 is 0 Å². The van der Waals surface area contributed by atoms with E-state index in [9.17, 15) is 4.79 Å². The molecule has 0 bridgehead atoms. The number of hydrogen-bond donors (Lipinski definition) is 0. The van der Waals surface area contributed by atoms with Crippen LogP contribution in [0.15, 0.2) is 0 Å². The van der Waals surface area contributed by atoms with E-state index >= 15 is 0 Å². The fourth-order valence-corrected chi connectivity index (χ4v) is 1.34. The van der Waals surface area contributed by atoms with Crippen molar-refractivity contribution in [3.8, 4) is 0 Å². The second-order valence-corrected chi connectivity index (χ2v) is 4.37. The van der Waals surface area contributed by atoms with Crippen LogP contribution in [0.1, 0.15) is 46.5 Å². The van der Waals surface area contributed by atoms with E-state index in [1.54, 1.807) is 7.11 Å². The monoisotopic (exact) mass is 216 g/mol. The molecule has 0 aliphatic carbocycles. The number of rotatable bonds is 8. The van der Waals surface area contributed by atoms with Crippen molar-refractivity contribution in [1.29, 1.82) is 0 Å². The Kier molecular flexibility index (Phi) is 8.38. The lowest BCUT2D eigenvalue weighted by molar-refractivity contribution is -0.149. The predicted molar refractivity (Wildman–Crippen MR) is 60.7 cm³/mol. The third-order valence-electron chi connectivity index (χ3n) is 2.24. The number of carbonyl (C=O) groups excluding carboxylic acids is 1. The zero-order chi connectivity index (χ0) is 11.7. The molecular weight excluding hydrogens is 192 g/mol. The van der Waals surface area contributed by atoms with Gasteiger partial charge in [0.05, 0.1) is 19.1 Å².